The lowest BCUT2D eigenvalue weighted by Crippen LogP contribution is -2.23. The first kappa shape index (κ1) is 9.56. The quantitative estimate of drug-likeness (QED) is 0.605. The molecule has 0 aromatic heterocycles. The SMILES string of the molecule is CC[C@@H](OC(=O)C1CC1)C(C)C. The van der Waals surface area contributed by atoms with Crippen LogP contribution in [-0.4, -0.2) is 12.1 Å². The van der Waals surface area contributed by atoms with Gasteiger partial charge in [0.25, 0.3) is 0 Å². The van der Waals surface area contributed by atoms with Crippen molar-refractivity contribution in [3.63, 3.8) is 0 Å². The van der Waals surface area contributed by atoms with Gasteiger partial charge in [-0.05, 0) is 25.2 Å². The molecule has 0 N–H and O–H groups in total. The van der Waals surface area contributed by atoms with Gasteiger partial charge in [-0.25, -0.2) is 0 Å². The van der Waals surface area contributed by atoms with Gasteiger partial charge in [-0.15, -0.1) is 0 Å². The molecule has 0 saturated heterocycles. The van der Waals surface area contributed by atoms with Crippen molar-refractivity contribution < 1.29 is 9.53 Å². The van der Waals surface area contributed by atoms with E-state index in [-0.39, 0.29) is 18.0 Å². The third-order valence-corrected chi connectivity index (χ3v) is 2.32. The summed E-state index contributed by atoms with van der Waals surface area (Å²) in [5, 5.41) is 0. The molecule has 0 aromatic rings. The van der Waals surface area contributed by atoms with Gasteiger partial charge < -0.3 is 4.74 Å². The van der Waals surface area contributed by atoms with Gasteiger partial charge in [0.05, 0.1) is 5.92 Å². The van der Waals surface area contributed by atoms with Gasteiger partial charge in [0.1, 0.15) is 6.10 Å². The molecule has 0 aromatic carbocycles. The van der Waals surface area contributed by atoms with Crippen LogP contribution in [0.2, 0.25) is 0 Å². The molecule has 1 aliphatic carbocycles. The van der Waals surface area contributed by atoms with E-state index in [0.717, 1.165) is 19.3 Å². The Kier molecular flexibility index (Phi) is 3.12. The largest absolute Gasteiger partial charge is 0.462 e. The first-order chi connectivity index (χ1) is 5.65. The maximum atomic E-state index is 11.3. The molecule has 0 spiro atoms. The van der Waals surface area contributed by atoms with Crippen molar-refractivity contribution in [3.8, 4) is 0 Å². The summed E-state index contributed by atoms with van der Waals surface area (Å²) in [6.07, 6.45) is 3.12. The van der Waals surface area contributed by atoms with Gasteiger partial charge in [-0.2, -0.15) is 0 Å². The Morgan fingerprint density at radius 1 is 1.50 bits per heavy atom. The molecule has 0 bridgehead atoms. The molecule has 0 heterocycles. The summed E-state index contributed by atoms with van der Waals surface area (Å²) in [4.78, 5) is 11.3. The number of carbonyl (C=O) groups excluding carboxylic acids is 1. The van der Waals surface area contributed by atoms with E-state index in [1.165, 1.54) is 0 Å². The van der Waals surface area contributed by atoms with Gasteiger partial charge in [0.2, 0.25) is 0 Å². The molecule has 70 valence electrons. The molecule has 0 unspecified atom stereocenters. The third-order valence-electron chi connectivity index (χ3n) is 2.32. The zero-order valence-electron chi connectivity index (χ0n) is 8.17. The van der Waals surface area contributed by atoms with Gasteiger partial charge >= 0.3 is 5.97 Å². The molecule has 0 aliphatic heterocycles. The van der Waals surface area contributed by atoms with E-state index in [0.29, 0.717) is 5.92 Å². The molecule has 0 amide bonds. The Balaban J connectivity index is 2.30. The summed E-state index contributed by atoms with van der Waals surface area (Å²) < 4.78 is 5.35. The van der Waals surface area contributed by atoms with E-state index < -0.39 is 0 Å². The Bertz CT molecular complexity index is 159. The zero-order valence-corrected chi connectivity index (χ0v) is 8.17. The van der Waals surface area contributed by atoms with E-state index >= 15 is 0 Å². The summed E-state index contributed by atoms with van der Waals surface area (Å²) in [7, 11) is 0. The topological polar surface area (TPSA) is 26.3 Å². The molecule has 0 radical (unpaired) electrons. The molecule has 1 atom stereocenters. The van der Waals surface area contributed by atoms with Crippen molar-refractivity contribution >= 4 is 5.97 Å². The zero-order chi connectivity index (χ0) is 9.14. The van der Waals surface area contributed by atoms with Crippen molar-refractivity contribution in [2.75, 3.05) is 0 Å². The molecular formula is C10H18O2. The molecule has 2 heteroatoms. The Morgan fingerprint density at radius 3 is 2.42 bits per heavy atom. The second kappa shape index (κ2) is 3.92. The highest BCUT2D eigenvalue weighted by molar-refractivity contribution is 5.75. The fourth-order valence-corrected chi connectivity index (χ4v) is 1.26. The normalized spacial score (nSPS) is 19.3. The van der Waals surface area contributed by atoms with Crippen LogP contribution >= 0.6 is 0 Å². The minimum absolute atomic E-state index is 0.0237. The highest BCUT2D eigenvalue weighted by Crippen LogP contribution is 2.31. The van der Waals surface area contributed by atoms with Crippen LogP contribution in [0.1, 0.15) is 40.0 Å². The third kappa shape index (κ3) is 2.50. The van der Waals surface area contributed by atoms with Crippen LogP contribution in [0.25, 0.3) is 0 Å². The number of ether oxygens (including phenoxy) is 1. The minimum atomic E-state index is 0.0237. The van der Waals surface area contributed by atoms with Crippen molar-refractivity contribution in [3.05, 3.63) is 0 Å². The van der Waals surface area contributed by atoms with Gasteiger partial charge in [0, 0.05) is 0 Å². The lowest BCUT2D eigenvalue weighted by Gasteiger charge is -2.19. The number of rotatable bonds is 4. The van der Waals surface area contributed by atoms with Gasteiger partial charge in [0.15, 0.2) is 0 Å². The monoisotopic (exact) mass is 170 g/mol. The second-order valence-electron chi connectivity index (χ2n) is 3.90. The van der Waals surface area contributed by atoms with E-state index in [2.05, 4.69) is 20.8 Å². The summed E-state index contributed by atoms with van der Waals surface area (Å²) in [6.45, 7) is 6.24. The molecule has 1 rings (SSSR count). The maximum absolute atomic E-state index is 11.3. The number of hydrogen-bond donors (Lipinski definition) is 0. The Labute approximate surface area is 74.3 Å². The lowest BCUT2D eigenvalue weighted by atomic mass is 10.1. The van der Waals surface area contributed by atoms with Crippen LogP contribution in [0.5, 0.6) is 0 Å². The van der Waals surface area contributed by atoms with Crippen LogP contribution in [-0.2, 0) is 9.53 Å². The van der Waals surface area contributed by atoms with E-state index in [1.54, 1.807) is 0 Å². The number of carbonyl (C=O) groups is 1. The smallest absolute Gasteiger partial charge is 0.309 e. The molecule has 1 aliphatic rings. The first-order valence-electron chi connectivity index (χ1n) is 4.85. The average Bonchev–Trinajstić information content (AvgIpc) is 2.80. The highest BCUT2D eigenvalue weighted by Gasteiger charge is 2.33. The average molecular weight is 170 g/mol. The van der Waals surface area contributed by atoms with Crippen molar-refractivity contribution in [1.29, 1.82) is 0 Å². The molecular weight excluding hydrogens is 152 g/mol. The van der Waals surface area contributed by atoms with Gasteiger partial charge in [-0.1, -0.05) is 20.8 Å². The predicted molar refractivity (Wildman–Crippen MR) is 47.7 cm³/mol. The van der Waals surface area contributed by atoms with Crippen molar-refractivity contribution in [2.45, 2.75) is 46.1 Å². The molecule has 2 nitrogen and oxygen atoms in total. The molecule has 1 saturated carbocycles. The second-order valence-corrected chi connectivity index (χ2v) is 3.90. The van der Waals surface area contributed by atoms with Crippen LogP contribution < -0.4 is 0 Å². The fourth-order valence-electron chi connectivity index (χ4n) is 1.26. The van der Waals surface area contributed by atoms with Crippen LogP contribution in [0, 0.1) is 11.8 Å². The van der Waals surface area contributed by atoms with Gasteiger partial charge in [-0.3, -0.25) is 4.79 Å². The molecule has 1 fully saturated rings. The number of hydrogen-bond acceptors (Lipinski definition) is 2. The lowest BCUT2D eigenvalue weighted by molar-refractivity contribution is -0.153. The summed E-state index contributed by atoms with van der Waals surface area (Å²) >= 11 is 0. The van der Waals surface area contributed by atoms with Crippen LogP contribution in [0.4, 0.5) is 0 Å². The van der Waals surface area contributed by atoms with Crippen molar-refractivity contribution in [1.82, 2.24) is 0 Å². The predicted octanol–water partition coefficient (Wildman–Crippen LogP) is 2.37. The Hall–Kier alpha value is -0.530. The Morgan fingerprint density at radius 2 is 2.08 bits per heavy atom. The van der Waals surface area contributed by atoms with E-state index in [1.807, 2.05) is 0 Å². The standard InChI is InChI=1S/C10H18O2/c1-4-9(7(2)3)12-10(11)8-5-6-8/h7-9H,4-6H2,1-3H3/t9-/m1/s1. The number of esters is 1. The summed E-state index contributed by atoms with van der Waals surface area (Å²) in [6, 6.07) is 0. The maximum Gasteiger partial charge on any atom is 0.309 e. The summed E-state index contributed by atoms with van der Waals surface area (Å²) in [5.74, 6) is 0.700. The van der Waals surface area contributed by atoms with E-state index in [4.69, 9.17) is 4.74 Å². The highest BCUT2D eigenvalue weighted by atomic mass is 16.5. The fraction of sp³-hybridized carbons (Fsp3) is 0.900. The van der Waals surface area contributed by atoms with Crippen LogP contribution in [0.15, 0.2) is 0 Å². The van der Waals surface area contributed by atoms with E-state index in [9.17, 15) is 4.79 Å². The summed E-state index contributed by atoms with van der Waals surface area (Å²) in [5.41, 5.74) is 0. The first-order valence-corrected chi connectivity index (χ1v) is 4.85. The van der Waals surface area contributed by atoms with Crippen molar-refractivity contribution in [2.24, 2.45) is 11.8 Å². The van der Waals surface area contributed by atoms with Crippen LogP contribution in [0.3, 0.4) is 0 Å². The molecule has 12 heavy (non-hydrogen) atoms. The minimum Gasteiger partial charge on any atom is -0.462 e.